The standard InChI is InChI=1S/C14H17BrN2O/c1-4-11-7-10(5-6-13(11)18-3)8-12-14(15)16-9-17(12)2/h5-7,9H,4,8H2,1-3H3. The minimum absolute atomic E-state index is 0.869. The lowest BCUT2D eigenvalue weighted by atomic mass is 10.0. The van der Waals surface area contributed by atoms with Crippen molar-refractivity contribution in [2.24, 2.45) is 7.05 Å². The number of imidazole rings is 1. The largest absolute Gasteiger partial charge is 0.496 e. The average Bonchev–Trinajstić information content (AvgIpc) is 2.70. The lowest BCUT2D eigenvalue weighted by Crippen LogP contribution is -1.99. The van der Waals surface area contributed by atoms with Crippen molar-refractivity contribution in [1.82, 2.24) is 9.55 Å². The van der Waals surface area contributed by atoms with E-state index in [4.69, 9.17) is 4.74 Å². The number of hydrogen-bond acceptors (Lipinski definition) is 2. The number of aryl methyl sites for hydroxylation is 2. The van der Waals surface area contributed by atoms with Gasteiger partial charge < -0.3 is 9.30 Å². The summed E-state index contributed by atoms with van der Waals surface area (Å²) in [5.74, 6) is 0.963. The van der Waals surface area contributed by atoms with E-state index in [0.29, 0.717) is 0 Å². The molecule has 1 heterocycles. The molecule has 0 fully saturated rings. The van der Waals surface area contributed by atoms with E-state index in [1.807, 2.05) is 24.0 Å². The summed E-state index contributed by atoms with van der Waals surface area (Å²) in [7, 11) is 3.73. The second-order valence-corrected chi connectivity index (χ2v) is 5.02. The molecule has 2 rings (SSSR count). The van der Waals surface area contributed by atoms with Crippen LogP contribution in [0.15, 0.2) is 29.1 Å². The van der Waals surface area contributed by atoms with Crippen LogP contribution in [0.3, 0.4) is 0 Å². The van der Waals surface area contributed by atoms with Crippen molar-refractivity contribution in [3.05, 3.63) is 46.0 Å². The van der Waals surface area contributed by atoms with Gasteiger partial charge in [-0.2, -0.15) is 0 Å². The Kier molecular flexibility index (Phi) is 4.07. The molecule has 96 valence electrons. The Morgan fingerprint density at radius 2 is 2.17 bits per heavy atom. The summed E-state index contributed by atoms with van der Waals surface area (Å²) in [6.07, 6.45) is 3.67. The van der Waals surface area contributed by atoms with Crippen LogP contribution in [-0.2, 0) is 19.9 Å². The van der Waals surface area contributed by atoms with Gasteiger partial charge in [-0.3, -0.25) is 0 Å². The molecule has 0 bridgehead atoms. The van der Waals surface area contributed by atoms with Crippen LogP contribution in [0.2, 0.25) is 0 Å². The molecule has 0 saturated heterocycles. The molecule has 0 aliphatic heterocycles. The first kappa shape index (κ1) is 13.1. The van der Waals surface area contributed by atoms with Crippen molar-refractivity contribution in [1.29, 1.82) is 0 Å². The topological polar surface area (TPSA) is 27.1 Å². The van der Waals surface area contributed by atoms with Crippen LogP contribution < -0.4 is 4.74 Å². The van der Waals surface area contributed by atoms with Gasteiger partial charge in [0.1, 0.15) is 10.4 Å². The summed E-state index contributed by atoms with van der Waals surface area (Å²) in [5.41, 5.74) is 3.70. The number of benzene rings is 1. The van der Waals surface area contributed by atoms with Gasteiger partial charge in [0.2, 0.25) is 0 Å². The Morgan fingerprint density at radius 3 is 2.72 bits per heavy atom. The second-order valence-electron chi connectivity index (χ2n) is 4.27. The smallest absolute Gasteiger partial charge is 0.127 e. The van der Waals surface area contributed by atoms with E-state index in [9.17, 15) is 0 Å². The number of methoxy groups -OCH3 is 1. The lowest BCUT2D eigenvalue weighted by molar-refractivity contribution is 0.410. The fraction of sp³-hybridized carbons (Fsp3) is 0.357. The summed E-state index contributed by atoms with van der Waals surface area (Å²) >= 11 is 3.48. The Morgan fingerprint density at radius 1 is 1.39 bits per heavy atom. The Bertz CT molecular complexity index is 529. The van der Waals surface area contributed by atoms with E-state index in [1.54, 1.807) is 7.11 Å². The molecule has 0 spiro atoms. The number of aromatic nitrogens is 2. The van der Waals surface area contributed by atoms with E-state index >= 15 is 0 Å². The highest BCUT2D eigenvalue weighted by Crippen LogP contribution is 2.23. The third-order valence-electron chi connectivity index (χ3n) is 3.11. The van der Waals surface area contributed by atoms with Crippen LogP contribution >= 0.6 is 15.9 Å². The van der Waals surface area contributed by atoms with Gasteiger partial charge in [-0.15, -0.1) is 0 Å². The Labute approximate surface area is 116 Å². The zero-order valence-corrected chi connectivity index (χ0v) is 12.5. The normalized spacial score (nSPS) is 10.7. The van der Waals surface area contributed by atoms with Gasteiger partial charge in [-0.25, -0.2) is 4.98 Å². The summed E-state index contributed by atoms with van der Waals surface area (Å²) in [6.45, 7) is 2.14. The van der Waals surface area contributed by atoms with E-state index in [1.165, 1.54) is 16.8 Å². The first-order chi connectivity index (χ1) is 8.65. The van der Waals surface area contributed by atoms with Gasteiger partial charge >= 0.3 is 0 Å². The predicted molar refractivity (Wildman–Crippen MR) is 76.1 cm³/mol. The molecule has 0 atom stereocenters. The maximum absolute atomic E-state index is 5.35. The average molecular weight is 309 g/mol. The van der Waals surface area contributed by atoms with Gasteiger partial charge in [-0.05, 0) is 39.5 Å². The highest BCUT2D eigenvalue weighted by Gasteiger charge is 2.09. The SMILES string of the molecule is CCc1cc(Cc2c(Br)ncn2C)ccc1OC. The number of nitrogens with zero attached hydrogens (tertiary/aromatic N) is 2. The fourth-order valence-corrected chi connectivity index (χ4v) is 2.55. The van der Waals surface area contributed by atoms with Gasteiger partial charge in [0.25, 0.3) is 0 Å². The minimum atomic E-state index is 0.869. The quantitative estimate of drug-likeness (QED) is 0.866. The molecule has 3 nitrogen and oxygen atoms in total. The van der Waals surface area contributed by atoms with Crippen molar-refractivity contribution >= 4 is 15.9 Å². The lowest BCUT2D eigenvalue weighted by Gasteiger charge is -2.10. The molecule has 0 aliphatic rings. The monoisotopic (exact) mass is 308 g/mol. The molecule has 18 heavy (non-hydrogen) atoms. The molecule has 1 aromatic carbocycles. The fourth-order valence-electron chi connectivity index (χ4n) is 2.04. The number of rotatable bonds is 4. The zero-order valence-electron chi connectivity index (χ0n) is 10.9. The molecule has 0 amide bonds. The van der Waals surface area contributed by atoms with Crippen LogP contribution in [0.5, 0.6) is 5.75 Å². The highest BCUT2D eigenvalue weighted by molar-refractivity contribution is 9.10. The predicted octanol–water partition coefficient (Wildman–Crippen LogP) is 3.34. The van der Waals surface area contributed by atoms with Gasteiger partial charge in [0.05, 0.1) is 19.1 Å². The molecule has 2 aromatic rings. The maximum atomic E-state index is 5.35. The van der Waals surface area contributed by atoms with E-state index < -0.39 is 0 Å². The van der Waals surface area contributed by atoms with E-state index in [-0.39, 0.29) is 0 Å². The molecule has 0 unspecified atom stereocenters. The van der Waals surface area contributed by atoms with Crippen molar-refractivity contribution in [2.75, 3.05) is 7.11 Å². The molecule has 0 saturated carbocycles. The second kappa shape index (κ2) is 5.57. The van der Waals surface area contributed by atoms with Crippen LogP contribution in [0.1, 0.15) is 23.7 Å². The van der Waals surface area contributed by atoms with E-state index in [2.05, 4.69) is 40.0 Å². The Balaban J connectivity index is 2.30. The van der Waals surface area contributed by atoms with Crippen molar-refractivity contribution < 1.29 is 4.74 Å². The van der Waals surface area contributed by atoms with Gasteiger partial charge in [0.15, 0.2) is 0 Å². The third kappa shape index (κ3) is 2.58. The molecule has 1 aromatic heterocycles. The molecule has 4 heteroatoms. The van der Waals surface area contributed by atoms with Crippen LogP contribution in [-0.4, -0.2) is 16.7 Å². The molecular formula is C14H17BrN2O. The summed E-state index contributed by atoms with van der Waals surface area (Å²) < 4.78 is 8.30. The van der Waals surface area contributed by atoms with Crippen LogP contribution in [0.4, 0.5) is 0 Å². The third-order valence-corrected chi connectivity index (χ3v) is 3.77. The number of halogens is 1. The number of ether oxygens (including phenoxy) is 1. The molecule has 0 aliphatic carbocycles. The summed E-state index contributed by atoms with van der Waals surface area (Å²) in [5, 5.41) is 0. The molecule has 0 N–H and O–H groups in total. The Hall–Kier alpha value is -1.29. The van der Waals surface area contributed by atoms with Crippen molar-refractivity contribution in [3.63, 3.8) is 0 Å². The van der Waals surface area contributed by atoms with Crippen LogP contribution in [0, 0.1) is 0 Å². The molecular weight excluding hydrogens is 292 g/mol. The highest BCUT2D eigenvalue weighted by atomic mass is 79.9. The first-order valence-electron chi connectivity index (χ1n) is 5.97. The first-order valence-corrected chi connectivity index (χ1v) is 6.76. The maximum Gasteiger partial charge on any atom is 0.127 e. The van der Waals surface area contributed by atoms with Crippen molar-refractivity contribution in [3.8, 4) is 5.75 Å². The minimum Gasteiger partial charge on any atom is -0.496 e. The van der Waals surface area contributed by atoms with Crippen molar-refractivity contribution in [2.45, 2.75) is 19.8 Å². The summed E-state index contributed by atoms with van der Waals surface area (Å²) in [4.78, 5) is 4.24. The molecule has 0 radical (unpaired) electrons. The van der Waals surface area contributed by atoms with Gasteiger partial charge in [0, 0.05) is 13.5 Å². The van der Waals surface area contributed by atoms with Gasteiger partial charge in [-0.1, -0.05) is 19.1 Å². The number of hydrogen-bond donors (Lipinski definition) is 0. The van der Waals surface area contributed by atoms with E-state index in [0.717, 1.165) is 23.2 Å². The van der Waals surface area contributed by atoms with Crippen LogP contribution in [0.25, 0.3) is 0 Å². The zero-order chi connectivity index (χ0) is 13.1. The summed E-state index contributed by atoms with van der Waals surface area (Å²) in [6, 6.07) is 6.36.